The van der Waals surface area contributed by atoms with Crippen molar-refractivity contribution in [1.29, 1.82) is 0 Å². The number of rotatable bonds is 8. The highest BCUT2D eigenvalue weighted by Gasteiger charge is 2.14. The van der Waals surface area contributed by atoms with Crippen LogP contribution in [0.3, 0.4) is 0 Å². The molecule has 6 heteroatoms. The van der Waals surface area contributed by atoms with Gasteiger partial charge in [0.05, 0.1) is 13.4 Å². The monoisotopic (exact) mass is 452 g/mol. The lowest BCUT2D eigenvalue weighted by Crippen LogP contribution is -2.23. The van der Waals surface area contributed by atoms with Gasteiger partial charge in [-0.15, -0.1) is 0 Å². The SMILES string of the molecule is COc1ccccc1C=C(C(=O)NCc1ccc(NC(=O)c2ccco2)cc1)c1ccccc1. The second-order valence-corrected chi connectivity index (χ2v) is 7.48. The number of carbonyl (C=O) groups excluding carboxylic acids is 2. The summed E-state index contributed by atoms with van der Waals surface area (Å²) in [6, 6.07) is 27.6. The van der Waals surface area contributed by atoms with Crippen LogP contribution in [0.5, 0.6) is 5.75 Å². The van der Waals surface area contributed by atoms with Crippen LogP contribution < -0.4 is 15.4 Å². The van der Waals surface area contributed by atoms with Crippen molar-refractivity contribution in [3.63, 3.8) is 0 Å². The molecular formula is C28H24N2O4. The fourth-order valence-electron chi connectivity index (χ4n) is 3.42. The quantitative estimate of drug-likeness (QED) is 0.277. The Bertz CT molecular complexity index is 1280. The summed E-state index contributed by atoms with van der Waals surface area (Å²) in [5.74, 6) is 0.412. The molecule has 0 saturated carbocycles. The van der Waals surface area contributed by atoms with Crippen LogP contribution in [0, 0.1) is 0 Å². The van der Waals surface area contributed by atoms with Crippen LogP contribution >= 0.6 is 0 Å². The lowest BCUT2D eigenvalue weighted by molar-refractivity contribution is -0.115. The molecule has 0 spiro atoms. The molecule has 0 atom stereocenters. The topological polar surface area (TPSA) is 80.6 Å². The molecular weight excluding hydrogens is 428 g/mol. The number of hydrogen-bond donors (Lipinski definition) is 2. The van der Waals surface area contributed by atoms with Crippen LogP contribution in [-0.4, -0.2) is 18.9 Å². The summed E-state index contributed by atoms with van der Waals surface area (Å²) in [5.41, 5.74) is 3.69. The highest BCUT2D eigenvalue weighted by atomic mass is 16.5. The lowest BCUT2D eigenvalue weighted by Gasteiger charge is -2.12. The second kappa shape index (κ2) is 10.8. The number of ether oxygens (including phenoxy) is 1. The largest absolute Gasteiger partial charge is 0.496 e. The van der Waals surface area contributed by atoms with E-state index in [2.05, 4.69) is 10.6 Å². The van der Waals surface area contributed by atoms with Gasteiger partial charge >= 0.3 is 0 Å². The van der Waals surface area contributed by atoms with Gasteiger partial charge in [-0.2, -0.15) is 0 Å². The van der Waals surface area contributed by atoms with E-state index in [1.54, 1.807) is 31.4 Å². The third-order valence-electron chi connectivity index (χ3n) is 5.18. The Balaban J connectivity index is 1.47. The van der Waals surface area contributed by atoms with Gasteiger partial charge in [0.15, 0.2) is 5.76 Å². The van der Waals surface area contributed by atoms with Crippen LogP contribution in [-0.2, 0) is 11.3 Å². The van der Waals surface area contributed by atoms with E-state index in [0.717, 1.165) is 16.7 Å². The molecule has 34 heavy (non-hydrogen) atoms. The van der Waals surface area contributed by atoms with Crippen molar-refractivity contribution in [2.75, 3.05) is 12.4 Å². The maximum atomic E-state index is 13.2. The van der Waals surface area contributed by atoms with Gasteiger partial charge in [-0.25, -0.2) is 0 Å². The van der Waals surface area contributed by atoms with Gasteiger partial charge in [0.1, 0.15) is 5.75 Å². The Morgan fingerprint density at radius 1 is 0.882 bits per heavy atom. The van der Waals surface area contributed by atoms with E-state index in [-0.39, 0.29) is 17.6 Å². The Labute approximate surface area is 197 Å². The number of nitrogens with one attached hydrogen (secondary N) is 2. The van der Waals surface area contributed by atoms with Crippen molar-refractivity contribution < 1.29 is 18.7 Å². The van der Waals surface area contributed by atoms with Gasteiger partial charge in [-0.3, -0.25) is 9.59 Å². The number of carbonyl (C=O) groups is 2. The van der Waals surface area contributed by atoms with Crippen molar-refractivity contribution in [3.05, 3.63) is 120 Å². The van der Waals surface area contributed by atoms with Crippen LogP contribution in [0.15, 0.2) is 102 Å². The molecule has 4 aromatic rings. The van der Waals surface area contributed by atoms with Crippen molar-refractivity contribution in [3.8, 4) is 5.75 Å². The molecule has 2 amide bonds. The minimum Gasteiger partial charge on any atom is -0.496 e. The number of hydrogen-bond acceptors (Lipinski definition) is 4. The predicted octanol–water partition coefficient (Wildman–Crippen LogP) is 5.40. The molecule has 3 aromatic carbocycles. The first kappa shape index (κ1) is 22.6. The van der Waals surface area contributed by atoms with Crippen molar-refractivity contribution in [2.45, 2.75) is 6.54 Å². The first-order valence-corrected chi connectivity index (χ1v) is 10.8. The first-order chi connectivity index (χ1) is 16.6. The highest BCUT2D eigenvalue weighted by molar-refractivity contribution is 6.24. The molecule has 4 rings (SSSR count). The van der Waals surface area contributed by atoms with E-state index >= 15 is 0 Å². The zero-order chi connectivity index (χ0) is 23.8. The summed E-state index contributed by atoms with van der Waals surface area (Å²) < 4.78 is 10.5. The Morgan fingerprint density at radius 2 is 1.62 bits per heavy atom. The van der Waals surface area contributed by atoms with Crippen LogP contribution in [0.25, 0.3) is 11.6 Å². The molecule has 0 fully saturated rings. The first-order valence-electron chi connectivity index (χ1n) is 10.8. The van der Waals surface area contributed by atoms with E-state index in [9.17, 15) is 9.59 Å². The molecule has 0 aliphatic carbocycles. The normalized spacial score (nSPS) is 11.0. The molecule has 0 bridgehead atoms. The van der Waals surface area contributed by atoms with Crippen LogP contribution in [0.4, 0.5) is 5.69 Å². The molecule has 0 aliphatic heterocycles. The number of para-hydroxylation sites is 1. The molecule has 0 unspecified atom stereocenters. The van der Waals surface area contributed by atoms with E-state index in [1.165, 1.54) is 6.26 Å². The molecule has 0 radical (unpaired) electrons. The average Bonchev–Trinajstić information content (AvgIpc) is 3.43. The summed E-state index contributed by atoms with van der Waals surface area (Å²) in [6.45, 7) is 0.335. The lowest BCUT2D eigenvalue weighted by atomic mass is 10.0. The second-order valence-electron chi connectivity index (χ2n) is 7.48. The van der Waals surface area contributed by atoms with Gasteiger partial charge in [0.2, 0.25) is 0 Å². The summed E-state index contributed by atoms with van der Waals surface area (Å²) in [6.07, 6.45) is 3.28. The third kappa shape index (κ3) is 5.61. The van der Waals surface area contributed by atoms with Crippen molar-refractivity contribution in [1.82, 2.24) is 5.32 Å². The molecule has 2 N–H and O–H groups in total. The highest BCUT2D eigenvalue weighted by Crippen LogP contribution is 2.25. The van der Waals surface area contributed by atoms with Gasteiger partial charge < -0.3 is 19.8 Å². The van der Waals surface area contributed by atoms with Gasteiger partial charge in [-0.1, -0.05) is 60.7 Å². The zero-order valence-electron chi connectivity index (χ0n) is 18.7. The van der Waals surface area contributed by atoms with E-state index in [0.29, 0.717) is 23.6 Å². The minimum absolute atomic E-state index is 0.202. The zero-order valence-corrected chi connectivity index (χ0v) is 18.7. The van der Waals surface area contributed by atoms with Crippen molar-refractivity contribution >= 4 is 29.2 Å². The summed E-state index contributed by atoms with van der Waals surface area (Å²) in [5, 5.41) is 5.76. The third-order valence-corrected chi connectivity index (χ3v) is 5.18. The summed E-state index contributed by atoms with van der Waals surface area (Å²) in [4.78, 5) is 25.3. The number of furan rings is 1. The van der Waals surface area contributed by atoms with E-state index in [1.807, 2.05) is 72.8 Å². The van der Waals surface area contributed by atoms with Crippen LogP contribution in [0.1, 0.15) is 27.2 Å². The number of benzene rings is 3. The molecule has 6 nitrogen and oxygen atoms in total. The number of methoxy groups -OCH3 is 1. The average molecular weight is 453 g/mol. The van der Waals surface area contributed by atoms with Gasteiger partial charge in [-0.05, 0) is 47.5 Å². The van der Waals surface area contributed by atoms with Crippen LogP contribution in [0.2, 0.25) is 0 Å². The number of anilines is 1. The Morgan fingerprint density at radius 3 is 2.32 bits per heavy atom. The smallest absolute Gasteiger partial charge is 0.291 e. The Kier molecular flexibility index (Phi) is 7.20. The maximum Gasteiger partial charge on any atom is 0.291 e. The fraction of sp³-hybridized carbons (Fsp3) is 0.0714. The summed E-state index contributed by atoms with van der Waals surface area (Å²) in [7, 11) is 1.61. The molecule has 0 aliphatic rings. The van der Waals surface area contributed by atoms with E-state index in [4.69, 9.17) is 9.15 Å². The minimum atomic E-state index is -0.319. The fourth-order valence-corrected chi connectivity index (χ4v) is 3.42. The standard InChI is InChI=1S/C28H24N2O4/c1-33-25-11-6-5-10-22(25)18-24(21-8-3-2-4-9-21)27(31)29-19-20-13-15-23(16-14-20)30-28(32)26-12-7-17-34-26/h2-18H,19H2,1H3,(H,29,31)(H,30,32). The van der Waals surface area contributed by atoms with Crippen molar-refractivity contribution in [2.24, 2.45) is 0 Å². The predicted molar refractivity (Wildman–Crippen MR) is 132 cm³/mol. The molecule has 1 heterocycles. The maximum absolute atomic E-state index is 13.2. The Hall–Kier alpha value is -4.58. The molecule has 0 saturated heterocycles. The van der Waals surface area contributed by atoms with E-state index < -0.39 is 0 Å². The summed E-state index contributed by atoms with van der Waals surface area (Å²) >= 11 is 0. The van der Waals surface area contributed by atoms with Gasteiger partial charge in [0.25, 0.3) is 11.8 Å². The molecule has 1 aromatic heterocycles. The van der Waals surface area contributed by atoms with Gasteiger partial charge in [0, 0.05) is 23.4 Å². The number of amides is 2. The molecule has 170 valence electrons.